The van der Waals surface area contributed by atoms with E-state index in [1.54, 1.807) is 0 Å². The number of rotatable bonds is 9. The molecule has 0 aromatic carbocycles. The second-order valence-electron chi connectivity index (χ2n) is 5.14. The van der Waals surface area contributed by atoms with E-state index in [0.29, 0.717) is 0 Å². The molecule has 1 aromatic rings. The van der Waals surface area contributed by atoms with Crippen LogP contribution in [0.5, 0.6) is 0 Å². The van der Waals surface area contributed by atoms with E-state index in [-0.39, 0.29) is 6.04 Å². The molecular weight excluding hydrogens is 208 g/mol. The zero-order valence-corrected chi connectivity index (χ0v) is 11.5. The molecule has 0 amide bonds. The normalized spacial score (nSPS) is 12.9. The average Bonchev–Trinajstić information content (AvgIpc) is 2.70. The minimum absolute atomic E-state index is 0.258. The van der Waals surface area contributed by atoms with Crippen molar-refractivity contribution < 1.29 is 0 Å². The maximum atomic E-state index is 5.85. The first-order valence-electron chi connectivity index (χ1n) is 7.13. The third kappa shape index (κ3) is 5.92. The smallest absolute Gasteiger partial charge is 0.0222 e. The molecule has 0 spiro atoms. The van der Waals surface area contributed by atoms with Gasteiger partial charge in [-0.1, -0.05) is 39.0 Å². The molecule has 0 saturated heterocycles. The van der Waals surface area contributed by atoms with Gasteiger partial charge in [0.05, 0.1) is 0 Å². The second-order valence-corrected chi connectivity index (χ2v) is 5.14. The monoisotopic (exact) mass is 236 g/mol. The molecular formula is C15H28N2. The van der Waals surface area contributed by atoms with Gasteiger partial charge in [0.15, 0.2) is 0 Å². The summed E-state index contributed by atoms with van der Waals surface area (Å²) in [5, 5.41) is 0. The van der Waals surface area contributed by atoms with Crippen molar-refractivity contribution in [3.8, 4) is 0 Å². The van der Waals surface area contributed by atoms with Gasteiger partial charge in [-0.25, -0.2) is 0 Å². The number of hydrogen-bond donors (Lipinski definition) is 1. The number of unbranched alkanes of at least 4 members (excludes halogenated alkanes) is 5. The van der Waals surface area contributed by atoms with Crippen LogP contribution in [0.15, 0.2) is 18.3 Å². The molecule has 2 heteroatoms. The van der Waals surface area contributed by atoms with Crippen molar-refractivity contribution in [1.82, 2.24) is 4.57 Å². The first-order chi connectivity index (χ1) is 8.24. The third-order valence-electron chi connectivity index (χ3n) is 3.21. The van der Waals surface area contributed by atoms with Crippen molar-refractivity contribution in [2.75, 3.05) is 0 Å². The van der Waals surface area contributed by atoms with Crippen LogP contribution in [0.1, 0.15) is 58.1 Å². The molecule has 0 saturated carbocycles. The van der Waals surface area contributed by atoms with Crippen LogP contribution >= 0.6 is 0 Å². The number of hydrogen-bond acceptors (Lipinski definition) is 1. The standard InChI is InChI=1S/C15H28N2/c1-3-4-5-6-7-8-11-17-12-9-10-15(17)13-14(2)16/h9-10,12,14H,3-8,11,13,16H2,1-2H3. The Bertz CT molecular complexity index is 289. The molecule has 0 aliphatic heterocycles. The quantitative estimate of drug-likeness (QED) is 0.651. The molecule has 1 unspecified atom stereocenters. The topological polar surface area (TPSA) is 30.9 Å². The van der Waals surface area contributed by atoms with Crippen LogP contribution in [0.2, 0.25) is 0 Å². The van der Waals surface area contributed by atoms with Crippen LogP contribution in [0, 0.1) is 0 Å². The predicted molar refractivity (Wildman–Crippen MR) is 75.2 cm³/mol. The Hall–Kier alpha value is -0.760. The van der Waals surface area contributed by atoms with Gasteiger partial charge in [0.1, 0.15) is 0 Å². The minimum atomic E-state index is 0.258. The Morgan fingerprint density at radius 1 is 1.18 bits per heavy atom. The highest BCUT2D eigenvalue weighted by Gasteiger charge is 2.03. The van der Waals surface area contributed by atoms with Crippen molar-refractivity contribution in [2.45, 2.75) is 71.4 Å². The molecule has 17 heavy (non-hydrogen) atoms. The Balaban J connectivity index is 2.20. The molecule has 1 rings (SSSR count). The van der Waals surface area contributed by atoms with E-state index < -0.39 is 0 Å². The Labute approximate surface area is 106 Å². The first-order valence-corrected chi connectivity index (χ1v) is 7.13. The lowest BCUT2D eigenvalue weighted by Crippen LogP contribution is -2.19. The summed E-state index contributed by atoms with van der Waals surface area (Å²) in [6, 6.07) is 4.59. The Morgan fingerprint density at radius 2 is 1.88 bits per heavy atom. The van der Waals surface area contributed by atoms with Crippen LogP contribution in [0.25, 0.3) is 0 Å². The minimum Gasteiger partial charge on any atom is -0.351 e. The fourth-order valence-electron chi connectivity index (χ4n) is 2.25. The highest BCUT2D eigenvalue weighted by atomic mass is 15.0. The van der Waals surface area contributed by atoms with E-state index in [1.807, 2.05) is 0 Å². The van der Waals surface area contributed by atoms with Crippen LogP contribution in [0.4, 0.5) is 0 Å². The summed E-state index contributed by atoms with van der Waals surface area (Å²) < 4.78 is 2.36. The summed E-state index contributed by atoms with van der Waals surface area (Å²) in [6.45, 7) is 5.49. The summed E-state index contributed by atoms with van der Waals surface area (Å²) in [5.74, 6) is 0. The summed E-state index contributed by atoms with van der Waals surface area (Å²) >= 11 is 0. The average molecular weight is 236 g/mol. The largest absolute Gasteiger partial charge is 0.351 e. The molecule has 0 aliphatic carbocycles. The van der Waals surface area contributed by atoms with E-state index in [0.717, 1.165) is 13.0 Å². The van der Waals surface area contributed by atoms with E-state index >= 15 is 0 Å². The molecule has 1 aromatic heterocycles. The van der Waals surface area contributed by atoms with E-state index in [4.69, 9.17) is 5.73 Å². The number of nitrogens with two attached hydrogens (primary N) is 1. The van der Waals surface area contributed by atoms with Crippen molar-refractivity contribution in [3.05, 3.63) is 24.0 Å². The van der Waals surface area contributed by atoms with Gasteiger partial charge in [0.25, 0.3) is 0 Å². The van der Waals surface area contributed by atoms with Crippen LogP contribution in [-0.4, -0.2) is 10.6 Å². The number of aromatic nitrogens is 1. The fraction of sp³-hybridized carbons (Fsp3) is 0.733. The molecule has 0 aliphatic rings. The van der Waals surface area contributed by atoms with E-state index in [2.05, 4.69) is 36.7 Å². The zero-order valence-electron chi connectivity index (χ0n) is 11.5. The Kier molecular flexibility index (Phi) is 7.02. The lowest BCUT2D eigenvalue weighted by Gasteiger charge is -2.11. The van der Waals surface area contributed by atoms with Gasteiger partial charge in [0, 0.05) is 30.9 Å². The van der Waals surface area contributed by atoms with Gasteiger partial charge in [0.2, 0.25) is 0 Å². The molecule has 2 N–H and O–H groups in total. The summed E-state index contributed by atoms with van der Waals surface area (Å²) in [4.78, 5) is 0. The van der Waals surface area contributed by atoms with Gasteiger partial charge in [-0.05, 0) is 25.5 Å². The van der Waals surface area contributed by atoms with Crippen molar-refractivity contribution in [1.29, 1.82) is 0 Å². The fourth-order valence-corrected chi connectivity index (χ4v) is 2.25. The summed E-state index contributed by atoms with van der Waals surface area (Å²) in [7, 11) is 0. The molecule has 98 valence electrons. The first kappa shape index (κ1) is 14.3. The number of nitrogens with zero attached hydrogens (tertiary/aromatic N) is 1. The zero-order chi connectivity index (χ0) is 12.5. The molecule has 1 atom stereocenters. The molecule has 1 heterocycles. The SMILES string of the molecule is CCCCCCCCn1cccc1CC(C)N. The molecule has 0 fully saturated rings. The summed E-state index contributed by atoms with van der Waals surface area (Å²) in [5.41, 5.74) is 7.23. The van der Waals surface area contributed by atoms with Crippen LogP contribution < -0.4 is 5.73 Å². The third-order valence-corrected chi connectivity index (χ3v) is 3.21. The highest BCUT2D eigenvalue weighted by Crippen LogP contribution is 2.10. The molecule has 0 radical (unpaired) electrons. The Morgan fingerprint density at radius 3 is 2.59 bits per heavy atom. The lowest BCUT2D eigenvalue weighted by molar-refractivity contribution is 0.543. The molecule has 0 bridgehead atoms. The van der Waals surface area contributed by atoms with Crippen LogP contribution in [-0.2, 0) is 13.0 Å². The van der Waals surface area contributed by atoms with Crippen molar-refractivity contribution >= 4 is 0 Å². The van der Waals surface area contributed by atoms with Gasteiger partial charge < -0.3 is 10.3 Å². The van der Waals surface area contributed by atoms with Crippen molar-refractivity contribution in [3.63, 3.8) is 0 Å². The maximum Gasteiger partial charge on any atom is 0.0222 e. The number of aryl methyl sites for hydroxylation is 1. The van der Waals surface area contributed by atoms with E-state index in [9.17, 15) is 0 Å². The maximum absolute atomic E-state index is 5.85. The van der Waals surface area contributed by atoms with Gasteiger partial charge >= 0.3 is 0 Å². The summed E-state index contributed by atoms with van der Waals surface area (Å²) in [6.07, 6.45) is 11.3. The molecule has 2 nitrogen and oxygen atoms in total. The van der Waals surface area contributed by atoms with Crippen molar-refractivity contribution in [2.24, 2.45) is 5.73 Å². The van der Waals surface area contributed by atoms with Gasteiger partial charge in [-0.3, -0.25) is 0 Å². The van der Waals surface area contributed by atoms with Gasteiger partial charge in [-0.2, -0.15) is 0 Å². The second kappa shape index (κ2) is 8.35. The lowest BCUT2D eigenvalue weighted by atomic mass is 10.1. The predicted octanol–water partition coefficient (Wildman–Crippen LogP) is 3.74. The van der Waals surface area contributed by atoms with Crippen LogP contribution in [0.3, 0.4) is 0 Å². The van der Waals surface area contributed by atoms with Gasteiger partial charge in [-0.15, -0.1) is 0 Å². The van der Waals surface area contributed by atoms with E-state index in [1.165, 1.54) is 44.2 Å². The highest BCUT2D eigenvalue weighted by molar-refractivity contribution is 5.08.